The smallest absolute Gasteiger partial charge is 0.189 e. The van der Waals surface area contributed by atoms with E-state index in [-0.39, 0.29) is 0 Å². The monoisotopic (exact) mass is 304 g/mol. The second-order valence-corrected chi connectivity index (χ2v) is 5.14. The molecule has 3 aromatic rings. The Morgan fingerprint density at radius 1 is 1.20 bits per heavy atom. The van der Waals surface area contributed by atoms with Crippen LogP contribution in [0.4, 0.5) is 10.8 Å². The third kappa shape index (κ3) is 3.01. The van der Waals surface area contributed by atoms with E-state index in [1.165, 1.54) is 28.7 Å². The van der Waals surface area contributed by atoms with Gasteiger partial charge in [0.15, 0.2) is 10.3 Å². The summed E-state index contributed by atoms with van der Waals surface area (Å²) >= 11 is 7.50. The van der Waals surface area contributed by atoms with Gasteiger partial charge in [-0.1, -0.05) is 41.1 Å². The normalized spacial score (nSPS) is 11.1. The predicted molar refractivity (Wildman–Crippen MR) is 79.9 cm³/mol. The molecule has 20 heavy (non-hydrogen) atoms. The van der Waals surface area contributed by atoms with Crippen LogP contribution in [0, 0.1) is 0 Å². The molecule has 0 spiro atoms. The van der Waals surface area contributed by atoms with Gasteiger partial charge in [0.2, 0.25) is 0 Å². The quantitative estimate of drug-likeness (QED) is 0.752. The number of nitrogens with one attached hydrogen (secondary N) is 1. The van der Waals surface area contributed by atoms with Crippen molar-refractivity contribution >= 4 is 40.0 Å². The van der Waals surface area contributed by atoms with Crippen LogP contribution in [0.25, 0.3) is 0 Å². The number of hydrogen-bond acceptors (Lipinski definition) is 6. The molecule has 3 rings (SSSR count). The average molecular weight is 305 g/mol. The lowest BCUT2D eigenvalue weighted by atomic mass is 10.3. The van der Waals surface area contributed by atoms with Crippen LogP contribution < -0.4 is 5.32 Å². The fraction of sp³-hybridized carbons (Fsp3) is 0. The Balaban J connectivity index is 1.77. The summed E-state index contributed by atoms with van der Waals surface area (Å²) in [5.41, 5.74) is 0.959. The summed E-state index contributed by atoms with van der Waals surface area (Å²) in [6.45, 7) is 0. The molecule has 0 fully saturated rings. The SMILES string of the molecule is Clc1nc(Nc2ccccc2)sc1/C=N/n1cnnc1. The number of halogens is 1. The van der Waals surface area contributed by atoms with E-state index in [1.54, 1.807) is 6.21 Å². The Bertz CT molecular complexity index is 707. The molecule has 6 nitrogen and oxygen atoms in total. The highest BCUT2D eigenvalue weighted by atomic mass is 35.5. The Morgan fingerprint density at radius 3 is 2.70 bits per heavy atom. The maximum atomic E-state index is 6.08. The van der Waals surface area contributed by atoms with E-state index in [4.69, 9.17) is 11.6 Å². The second-order valence-electron chi connectivity index (χ2n) is 3.75. The summed E-state index contributed by atoms with van der Waals surface area (Å²) in [7, 11) is 0. The van der Waals surface area contributed by atoms with Gasteiger partial charge in [-0.3, -0.25) is 0 Å². The van der Waals surface area contributed by atoms with E-state index in [1.807, 2.05) is 30.3 Å². The number of anilines is 2. The van der Waals surface area contributed by atoms with Gasteiger partial charge in [-0.2, -0.15) is 5.10 Å². The Labute approximate surface area is 123 Å². The largest absolute Gasteiger partial charge is 0.331 e. The van der Waals surface area contributed by atoms with E-state index >= 15 is 0 Å². The van der Waals surface area contributed by atoms with Crippen LogP contribution >= 0.6 is 22.9 Å². The molecular weight excluding hydrogens is 296 g/mol. The molecule has 0 bridgehead atoms. The molecule has 0 unspecified atom stereocenters. The second kappa shape index (κ2) is 5.81. The van der Waals surface area contributed by atoms with Crippen LogP contribution in [0.5, 0.6) is 0 Å². The fourth-order valence-corrected chi connectivity index (χ4v) is 2.51. The minimum Gasteiger partial charge on any atom is -0.331 e. The molecule has 2 aromatic heterocycles. The zero-order chi connectivity index (χ0) is 13.8. The van der Waals surface area contributed by atoms with Gasteiger partial charge in [0.05, 0.1) is 11.1 Å². The molecule has 0 saturated carbocycles. The van der Waals surface area contributed by atoms with Crippen molar-refractivity contribution in [1.29, 1.82) is 0 Å². The van der Waals surface area contributed by atoms with Crippen molar-refractivity contribution in [2.24, 2.45) is 5.10 Å². The number of hydrogen-bond donors (Lipinski definition) is 1. The predicted octanol–water partition coefficient (Wildman–Crippen LogP) is 3.01. The first-order chi connectivity index (χ1) is 9.81. The van der Waals surface area contributed by atoms with Crippen LogP contribution in [0.3, 0.4) is 0 Å². The molecule has 0 aliphatic carbocycles. The van der Waals surface area contributed by atoms with Gasteiger partial charge < -0.3 is 5.32 Å². The third-order valence-corrected chi connectivity index (χ3v) is 3.66. The third-order valence-electron chi connectivity index (χ3n) is 2.35. The van der Waals surface area contributed by atoms with Crippen LogP contribution in [-0.4, -0.2) is 26.1 Å². The van der Waals surface area contributed by atoms with Crippen LogP contribution in [-0.2, 0) is 0 Å². The summed E-state index contributed by atoms with van der Waals surface area (Å²) in [6.07, 6.45) is 4.61. The maximum absolute atomic E-state index is 6.08. The lowest BCUT2D eigenvalue weighted by molar-refractivity contribution is 0.879. The van der Waals surface area contributed by atoms with E-state index in [0.29, 0.717) is 10.3 Å². The van der Waals surface area contributed by atoms with E-state index in [9.17, 15) is 0 Å². The van der Waals surface area contributed by atoms with Crippen LogP contribution in [0.1, 0.15) is 4.88 Å². The molecule has 0 saturated heterocycles. The summed E-state index contributed by atoms with van der Waals surface area (Å²) in [6, 6.07) is 9.77. The van der Waals surface area contributed by atoms with Gasteiger partial charge in [-0.25, -0.2) is 9.66 Å². The highest BCUT2D eigenvalue weighted by Gasteiger charge is 2.07. The lowest BCUT2D eigenvalue weighted by Gasteiger charge is -1.99. The van der Waals surface area contributed by atoms with Gasteiger partial charge in [0.25, 0.3) is 0 Å². The van der Waals surface area contributed by atoms with Crippen molar-refractivity contribution in [3.8, 4) is 0 Å². The summed E-state index contributed by atoms with van der Waals surface area (Å²) in [5, 5.41) is 15.8. The molecule has 100 valence electrons. The van der Waals surface area contributed by atoms with Crippen LogP contribution in [0.2, 0.25) is 5.15 Å². The van der Waals surface area contributed by atoms with Crippen molar-refractivity contribution in [2.75, 3.05) is 5.32 Å². The lowest BCUT2D eigenvalue weighted by Crippen LogP contribution is -1.87. The number of benzene rings is 1. The molecule has 8 heteroatoms. The highest BCUT2D eigenvalue weighted by molar-refractivity contribution is 7.17. The first kappa shape index (κ1) is 12.8. The highest BCUT2D eigenvalue weighted by Crippen LogP contribution is 2.27. The van der Waals surface area contributed by atoms with Crippen molar-refractivity contribution in [3.63, 3.8) is 0 Å². The Hall–Kier alpha value is -2.25. The number of para-hydroxylation sites is 1. The molecule has 0 radical (unpaired) electrons. The molecule has 2 heterocycles. The van der Waals surface area contributed by atoms with Crippen molar-refractivity contribution in [2.45, 2.75) is 0 Å². The summed E-state index contributed by atoms with van der Waals surface area (Å²) in [5.74, 6) is 0. The van der Waals surface area contributed by atoms with Crippen LogP contribution in [0.15, 0.2) is 48.1 Å². The van der Waals surface area contributed by atoms with Crippen molar-refractivity contribution in [1.82, 2.24) is 19.9 Å². The topological polar surface area (TPSA) is 68.0 Å². The van der Waals surface area contributed by atoms with Crippen molar-refractivity contribution < 1.29 is 0 Å². The molecule has 1 N–H and O–H groups in total. The van der Waals surface area contributed by atoms with Crippen molar-refractivity contribution in [3.05, 3.63) is 53.0 Å². The van der Waals surface area contributed by atoms with Gasteiger partial charge in [0, 0.05) is 5.69 Å². The minimum absolute atomic E-state index is 0.408. The van der Waals surface area contributed by atoms with E-state index < -0.39 is 0 Å². The number of thiazole rings is 1. The zero-order valence-corrected chi connectivity index (χ0v) is 11.7. The molecule has 0 amide bonds. The first-order valence-electron chi connectivity index (χ1n) is 5.68. The summed E-state index contributed by atoms with van der Waals surface area (Å²) in [4.78, 5) is 5.01. The fourth-order valence-electron chi connectivity index (χ4n) is 1.47. The molecular formula is C12H9ClN6S. The Morgan fingerprint density at radius 2 is 1.95 bits per heavy atom. The summed E-state index contributed by atoms with van der Waals surface area (Å²) < 4.78 is 1.49. The number of rotatable bonds is 4. The minimum atomic E-state index is 0.408. The Kier molecular flexibility index (Phi) is 3.71. The van der Waals surface area contributed by atoms with E-state index in [2.05, 4.69) is 25.6 Å². The number of aromatic nitrogens is 4. The standard InChI is InChI=1S/C12H9ClN6S/c13-11-10(6-16-19-7-14-15-8-19)20-12(18-11)17-9-4-2-1-3-5-9/h1-8H,(H,17,18)/b16-6+. The molecule has 0 atom stereocenters. The molecule has 1 aromatic carbocycles. The van der Waals surface area contributed by atoms with Gasteiger partial charge in [-0.15, -0.1) is 10.2 Å². The zero-order valence-electron chi connectivity index (χ0n) is 10.1. The van der Waals surface area contributed by atoms with Gasteiger partial charge in [0.1, 0.15) is 12.7 Å². The first-order valence-corrected chi connectivity index (χ1v) is 6.88. The molecule has 0 aliphatic heterocycles. The van der Waals surface area contributed by atoms with Gasteiger partial charge in [-0.05, 0) is 12.1 Å². The van der Waals surface area contributed by atoms with E-state index in [0.717, 1.165) is 10.6 Å². The average Bonchev–Trinajstić information content (AvgIpc) is 3.08. The number of nitrogens with zero attached hydrogens (tertiary/aromatic N) is 5. The molecule has 0 aliphatic rings. The maximum Gasteiger partial charge on any atom is 0.189 e. The van der Waals surface area contributed by atoms with Gasteiger partial charge >= 0.3 is 0 Å².